The van der Waals surface area contributed by atoms with Crippen molar-refractivity contribution in [1.82, 2.24) is 4.98 Å². The van der Waals surface area contributed by atoms with Crippen LogP contribution in [0.4, 0.5) is 0 Å². The zero-order valence-electron chi connectivity index (χ0n) is 11.7. The molecule has 3 aromatic carbocycles. The molecule has 0 aliphatic rings. The molecule has 0 spiro atoms. The number of phenolic OH excluding ortho intramolecular Hbond substituents is 1. The summed E-state index contributed by atoms with van der Waals surface area (Å²) < 4.78 is 5.71. The third-order valence-corrected chi connectivity index (χ3v) is 3.63. The molecule has 0 amide bonds. The maximum atomic E-state index is 10.3. The lowest BCUT2D eigenvalue weighted by atomic mass is 10.0. The normalized spacial score (nSPS) is 10.9. The van der Waals surface area contributed by atoms with Crippen molar-refractivity contribution in [3.8, 4) is 28.3 Å². The van der Waals surface area contributed by atoms with E-state index in [0.29, 0.717) is 17.0 Å². The van der Waals surface area contributed by atoms with Crippen LogP contribution in [-0.2, 0) is 0 Å². The van der Waals surface area contributed by atoms with E-state index in [9.17, 15) is 5.11 Å². The minimum atomic E-state index is 0.160. The second-order valence-corrected chi connectivity index (χ2v) is 5.08. The van der Waals surface area contributed by atoms with E-state index in [2.05, 4.69) is 4.98 Å². The molecule has 0 aliphatic heterocycles. The zero-order valence-corrected chi connectivity index (χ0v) is 11.7. The van der Waals surface area contributed by atoms with Crippen LogP contribution in [0.5, 0.6) is 5.75 Å². The Morgan fingerprint density at radius 1 is 0.773 bits per heavy atom. The van der Waals surface area contributed by atoms with Crippen LogP contribution in [0.3, 0.4) is 0 Å². The summed E-state index contributed by atoms with van der Waals surface area (Å²) >= 11 is 0. The fourth-order valence-electron chi connectivity index (χ4n) is 2.51. The van der Waals surface area contributed by atoms with Crippen molar-refractivity contribution in [2.45, 2.75) is 0 Å². The number of aromatic hydroxyl groups is 1. The first-order chi connectivity index (χ1) is 10.8. The Balaban J connectivity index is 1.80. The maximum absolute atomic E-state index is 10.3. The van der Waals surface area contributed by atoms with Gasteiger partial charge in [0.2, 0.25) is 5.89 Å². The maximum Gasteiger partial charge on any atom is 0.231 e. The Labute approximate surface area is 127 Å². The van der Waals surface area contributed by atoms with E-state index in [1.54, 1.807) is 6.07 Å². The first kappa shape index (κ1) is 12.7. The Morgan fingerprint density at radius 3 is 2.32 bits per heavy atom. The van der Waals surface area contributed by atoms with Crippen LogP contribution in [-0.4, -0.2) is 10.1 Å². The van der Waals surface area contributed by atoms with E-state index in [0.717, 1.165) is 16.6 Å². The molecule has 1 N–H and O–H groups in total. The van der Waals surface area contributed by atoms with Gasteiger partial charge in [0.15, 0.2) is 5.58 Å². The zero-order chi connectivity index (χ0) is 14.9. The monoisotopic (exact) mass is 287 g/mol. The van der Waals surface area contributed by atoms with Gasteiger partial charge in [0.25, 0.3) is 0 Å². The number of hydrogen-bond donors (Lipinski definition) is 1. The van der Waals surface area contributed by atoms with Crippen molar-refractivity contribution in [1.29, 1.82) is 0 Å². The minimum absolute atomic E-state index is 0.160. The molecule has 0 bridgehead atoms. The summed E-state index contributed by atoms with van der Waals surface area (Å²) in [6.07, 6.45) is 0. The highest BCUT2D eigenvalue weighted by Gasteiger charge is 2.12. The van der Waals surface area contributed by atoms with Gasteiger partial charge < -0.3 is 9.52 Å². The van der Waals surface area contributed by atoms with Crippen LogP contribution in [0.1, 0.15) is 0 Å². The second kappa shape index (κ2) is 5.04. The molecule has 0 saturated carbocycles. The number of oxazole rings is 1. The van der Waals surface area contributed by atoms with Gasteiger partial charge in [0.1, 0.15) is 11.3 Å². The number of para-hydroxylation sites is 2. The summed E-state index contributed by atoms with van der Waals surface area (Å²) in [5, 5.41) is 10.3. The summed E-state index contributed by atoms with van der Waals surface area (Å²) in [5.41, 5.74) is 4.10. The molecule has 3 nitrogen and oxygen atoms in total. The molecule has 22 heavy (non-hydrogen) atoms. The Bertz CT molecular complexity index is 909. The van der Waals surface area contributed by atoms with Gasteiger partial charge >= 0.3 is 0 Å². The third-order valence-electron chi connectivity index (χ3n) is 3.63. The number of aromatic nitrogens is 1. The summed E-state index contributed by atoms with van der Waals surface area (Å²) in [6.45, 7) is 0. The van der Waals surface area contributed by atoms with E-state index in [1.807, 2.05) is 66.7 Å². The SMILES string of the molecule is Oc1cc(-c2ccccc2)ccc1-c1nc2ccccc2o1. The molecule has 4 aromatic rings. The highest BCUT2D eigenvalue weighted by atomic mass is 16.3. The van der Waals surface area contributed by atoms with Gasteiger partial charge in [-0.25, -0.2) is 4.98 Å². The van der Waals surface area contributed by atoms with Crippen LogP contribution in [0.2, 0.25) is 0 Å². The molecular weight excluding hydrogens is 274 g/mol. The predicted octanol–water partition coefficient (Wildman–Crippen LogP) is 4.87. The van der Waals surface area contributed by atoms with Crippen LogP contribution < -0.4 is 0 Å². The highest BCUT2D eigenvalue weighted by molar-refractivity contribution is 5.79. The van der Waals surface area contributed by atoms with Crippen molar-refractivity contribution >= 4 is 11.1 Å². The lowest BCUT2D eigenvalue weighted by molar-refractivity contribution is 0.474. The van der Waals surface area contributed by atoms with Gasteiger partial charge in [-0.1, -0.05) is 48.5 Å². The molecule has 0 saturated heterocycles. The quantitative estimate of drug-likeness (QED) is 0.572. The van der Waals surface area contributed by atoms with Crippen LogP contribution in [0.15, 0.2) is 77.2 Å². The summed E-state index contributed by atoms with van der Waals surface area (Å²) in [4.78, 5) is 4.42. The van der Waals surface area contributed by atoms with E-state index >= 15 is 0 Å². The second-order valence-electron chi connectivity index (χ2n) is 5.08. The lowest BCUT2D eigenvalue weighted by Crippen LogP contribution is -1.82. The average Bonchev–Trinajstić information content (AvgIpc) is 2.99. The largest absolute Gasteiger partial charge is 0.507 e. The van der Waals surface area contributed by atoms with Crippen molar-refractivity contribution in [2.75, 3.05) is 0 Å². The molecular formula is C19H13NO2. The lowest BCUT2D eigenvalue weighted by Gasteiger charge is -2.05. The molecule has 3 heteroatoms. The smallest absolute Gasteiger partial charge is 0.231 e. The minimum Gasteiger partial charge on any atom is -0.507 e. The third kappa shape index (κ3) is 2.13. The van der Waals surface area contributed by atoms with E-state index in [4.69, 9.17) is 4.42 Å². The van der Waals surface area contributed by atoms with E-state index in [1.165, 1.54) is 0 Å². The molecule has 106 valence electrons. The van der Waals surface area contributed by atoms with E-state index in [-0.39, 0.29) is 5.75 Å². The van der Waals surface area contributed by atoms with Crippen LogP contribution in [0.25, 0.3) is 33.7 Å². The first-order valence-electron chi connectivity index (χ1n) is 7.06. The number of benzene rings is 3. The van der Waals surface area contributed by atoms with Gasteiger partial charge in [-0.15, -0.1) is 0 Å². The summed E-state index contributed by atoms with van der Waals surface area (Å²) in [5.74, 6) is 0.589. The number of nitrogens with zero attached hydrogens (tertiary/aromatic N) is 1. The summed E-state index contributed by atoms with van der Waals surface area (Å²) in [7, 11) is 0. The molecule has 0 radical (unpaired) electrons. The fraction of sp³-hybridized carbons (Fsp3) is 0. The summed E-state index contributed by atoms with van der Waals surface area (Å²) in [6, 6.07) is 23.0. The first-order valence-corrected chi connectivity index (χ1v) is 7.06. The number of rotatable bonds is 2. The number of phenols is 1. The van der Waals surface area contributed by atoms with Crippen molar-refractivity contribution in [3.05, 3.63) is 72.8 Å². The Morgan fingerprint density at radius 2 is 1.55 bits per heavy atom. The standard InChI is InChI=1S/C19H13NO2/c21-17-12-14(13-6-2-1-3-7-13)10-11-15(17)19-20-16-8-4-5-9-18(16)22-19/h1-12,21H. The van der Waals surface area contributed by atoms with Crippen molar-refractivity contribution in [2.24, 2.45) is 0 Å². The Kier molecular flexibility index (Phi) is 2.90. The van der Waals surface area contributed by atoms with Gasteiger partial charge in [-0.2, -0.15) is 0 Å². The molecule has 1 heterocycles. The molecule has 0 unspecified atom stereocenters. The molecule has 0 aliphatic carbocycles. The Hall–Kier alpha value is -3.07. The number of hydrogen-bond acceptors (Lipinski definition) is 3. The fourth-order valence-corrected chi connectivity index (χ4v) is 2.51. The van der Waals surface area contributed by atoms with Crippen LogP contribution in [0, 0.1) is 0 Å². The molecule has 0 atom stereocenters. The molecule has 0 fully saturated rings. The number of fused-ring (bicyclic) bond motifs is 1. The van der Waals surface area contributed by atoms with Gasteiger partial charge in [-0.05, 0) is 35.4 Å². The van der Waals surface area contributed by atoms with E-state index < -0.39 is 0 Å². The van der Waals surface area contributed by atoms with Crippen molar-refractivity contribution < 1.29 is 9.52 Å². The topological polar surface area (TPSA) is 46.3 Å². The van der Waals surface area contributed by atoms with Gasteiger partial charge in [0, 0.05) is 0 Å². The average molecular weight is 287 g/mol. The highest BCUT2D eigenvalue weighted by Crippen LogP contribution is 2.34. The molecule has 1 aromatic heterocycles. The van der Waals surface area contributed by atoms with Crippen molar-refractivity contribution in [3.63, 3.8) is 0 Å². The van der Waals surface area contributed by atoms with Crippen LogP contribution >= 0.6 is 0 Å². The van der Waals surface area contributed by atoms with Gasteiger partial charge in [0.05, 0.1) is 5.56 Å². The predicted molar refractivity (Wildman–Crippen MR) is 86.5 cm³/mol. The molecule has 4 rings (SSSR count). The van der Waals surface area contributed by atoms with Gasteiger partial charge in [-0.3, -0.25) is 0 Å².